The van der Waals surface area contributed by atoms with Crippen LogP contribution in [0.25, 0.3) is 16.9 Å². The first-order chi connectivity index (χ1) is 13.5. The number of esters is 1. The highest BCUT2D eigenvalue weighted by molar-refractivity contribution is 5.97. The topological polar surface area (TPSA) is 90.6 Å². The first-order valence-corrected chi connectivity index (χ1v) is 8.68. The Kier molecular flexibility index (Phi) is 5.44. The molecule has 1 N–H and O–H groups in total. The van der Waals surface area contributed by atoms with Gasteiger partial charge in [-0.3, -0.25) is 0 Å². The summed E-state index contributed by atoms with van der Waals surface area (Å²) in [6.07, 6.45) is 0.487. The minimum atomic E-state index is -1.05. The van der Waals surface area contributed by atoms with E-state index in [1.54, 1.807) is 48.2 Å². The molecule has 0 unspecified atom stereocenters. The lowest BCUT2D eigenvalue weighted by molar-refractivity contribution is 0.0599. The van der Waals surface area contributed by atoms with Gasteiger partial charge >= 0.3 is 11.9 Å². The molecule has 3 aromatic rings. The van der Waals surface area contributed by atoms with E-state index in [0.29, 0.717) is 34.7 Å². The molecule has 0 radical (unpaired) electrons. The van der Waals surface area contributed by atoms with E-state index in [1.807, 2.05) is 19.1 Å². The van der Waals surface area contributed by atoms with Crippen LogP contribution in [0.3, 0.4) is 0 Å². The Labute approximate surface area is 162 Å². The molecular weight excluding hydrogens is 360 g/mol. The van der Waals surface area contributed by atoms with E-state index in [9.17, 15) is 14.7 Å². The van der Waals surface area contributed by atoms with Gasteiger partial charge in [-0.2, -0.15) is 5.10 Å². The highest BCUT2D eigenvalue weighted by Gasteiger charge is 2.24. The molecule has 0 fully saturated rings. The van der Waals surface area contributed by atoms with Gasteiger partial charge in [-0.1, -0.05) is 19.1 Å². The van der Waals surface area contributed by atoms with Crippen molar-refractivity contribution in [3.8, 4) is 22.7 Å². The smallest absolute Gasteiger partial charge is 0.339 e. The van der Waals surface area contributed by atoms with Gasteiger partial charge in [0.25, 0.3) is 0 Å². The second-order valence-electron chi connectivity index (χ2n) is 6.01. The van der Waals surface area contributed by atoms with Crippen LogP contribution in [-0.2, 0) is 11.2 Å². The van der Waals surface area contributed by atoms with Gasteiger partial charge in [0.05, 0.1) is 31.2 Å². The molecule has 1 heterocycles. The molecule has 2 aromatic carbocycles. The van der Waals surface area contributed by atoms with Crippen LogP contribution in [0.15, 0.2) is 48.5 Å². The lowest BCUT2D eigenvalue weighted by Crippen LogP contribution is -2.05. The third-order valence-electron chi connectivity index (χ3n) is 4.43. The average molecular weight is 380 g/mol. The maximum atomic E-state index is 12.0. The van der Waals surface area contributed by atoms with Crippen LogP contribution in [0.2, 0.25) is 0 Å². The predicted octanol–water partition coefficient (Wildman–Crippen LogP) is 3.60. The number of rotatable bonds is 6. The fourth-order valence-electron chi connectivity index (χ4n) is 3.03. The summed E-state index contributed by atoms with van der Waals surface area (Å²) in [5.41, 5.74) is 2.79. The highest BCUT2D eigenvalue weighted by Crippen LogP contribution is 2.29. The van der Waals surface area contributed by atoms with E-state index < -0.39 is 11.9 Å². The normalized spacial score (nSPS) is 10.5. The Morgan fingerprint density at radius 1 is 1.04 bits per heavy atom. The summed E-state index contributed by atoms with van der Waals surface area (Å²) >= 11 is 0. The standard InChI is InChI=1S/C21H20N2O5/c1-4-17-18(20(24)25)19(13-5-7-14(8-6-13)21(26)28-3)22-23(17)15-9-11-16(27-2)12-10-15/h5-12H,4H2,1-3H3,(H,24,25). The van der Waals surface area contributed by atoms with Crippen LogP contribution in [0.1, 0.15) is 33.3 Å². The maximum Gasteiger partial charge on any atom is 0.339 e. The van der Waals surface area contributed by atoms with Crippen molar-refractivity contribution in [2.75, 3.05) is 14.2 Å². The average Bonchev–Trinajstić information content (AvgIpc) is 3.13. The number of hydrogen-bond acceptors (Lipinski definition) is 5. The zero-order valence-electron chi connectivity index (χ0n) is 15.8. The SMILES string of the molecule is CCc1c(C(=O)O)c(-c2ccc(C(=O)OC)cc2)nn1-c1ccc(OC)cc1. The van der Waals surface area contributed by atoms with Crippen molar-refractivity contribution in [3.05, 3.63) is 65.4 Å². The maximum absolute atomic E-state index is 12.0. The number of nitrogens with zero attached hydrogens (tertiary/aromatic N) is 2. The number of carbonyl (C=O) groups excluding carboxylic acids is 1. The lowest BCUT2D eigenvalue weighted by atomic mass is 10.0. The van der Waals surface area contributed by atoms with Crippen molar-refractivity contribution >= 4 is 11.9 Å². The fraction of sp³-hybridized carbons (Fsp3) is 0.190. The summed E-state index contributed by atoms with van der Waals surface area (Å²) in [5.74, 6) is -0.808. The molecule has 7 heteroatoms. The Morgan fingerprint density at radius 2 is 1.68 bits per heavy atom. The largest absolute Gasteiger partial charge is 0.497 e. The molecule has 1 aromatic heterocycles. The first-order valence-electron chi connectivity index (χ1n) is 8.68. The van der Waals surface area contributed by atoms with E-state index in [1.165, 1.54) is 7.11 Å². The second kappa shape index (κ2) is 7.96. The first kappa shape index (κ1) is 19.2. The highest BCUT2D eigenvalue weighted by atomic mass is 16.5. The number of ether oxygens (including phenoxy) is 2. The quantitative estimate of drug-likeness (QED) is 0.657. The monoisotopic (exact) mass is 380 g/mol. The van der Waals surface area contributed by atoms with E-state index in [-0.39, 0.29) is 5.56 Å². The number of methoxy groups -OCH3 is 2. The number of carboxylic acid groups (broad SMARTS) is 1. The number of hydrogen-bond donors (Lipinski definition) is 1. The van der Waals surface area contributed by atoms with Crippen molar-refractivity contribution in [1.29, 1.82) is 0 Å². The van der Waals surface area contributed by atoms with Gasteiger partial charge in [0.1, 0.15) is 17.0 Å². The minimum Gasteiger partial charge on any atom is -0.497 e. The molecule has 0 amide bonds. The molecule has 3 rings (SSSR count). The molecule has 144 valence electrons. The van der Waals surface area contributed by atoms with Gasteiger partial charge in [-0.15, -0.1) is 0 Å². The van der Waals surface area contributed by atoms with Crippen molar-refractivity contribution in [2.45, 2.75) is 13.3 Å². The molecule has 0 aliphatic heterocycles. The molecule has 7 nitrogen and oxygen atoms in total. The summed E-state index contributed by atoms with van der Waals surface area (Å²) in [7, 11) is 2.89. The summed E-state index contributed by atoms with van der Waals surface area (Å²) in [6.45, 7) is 1.88. The van der Waals surface area contributed by atoms with Gasteiger partial charge in [0.2, 0.25) is 0 Å². The predicted molar refractivity (Wildman–Crippen MR) is 103 cm³/mol. The molecule has 0 saturated heterocycles. The van der Waals surface area contributed by atoms with Crippen LogP contribution < -0.4 is 4.74 Å². The van der Waals surface area contributed by atoms with Crippen molar-refractivity contribution in [1.82, 2.24) is 9.78 Å². The number of benzene rings is 2. The number of aromatic carboxylic acids is 1. The van der Waals surface area contributed by atoms with Gasteiger partial charge in [-0.25, -0.2) is 14.3 Å². The molecule has 0 bridgehead atoms. The Hall–Kier alpha value is -3.61. The van der Waals surface area contributed by atoms with Crippen LogP contribution in [0.4, 0.5) is 0 Å². The van der Waals surface area contributed by atoms with E-state index in [0.717, 1.165) is 5.69 Å². The zero-order valence-corrected chi connectivity index (χ0v) is 15.8. The summed E-state index contributed by atoms with van der Waals surface area (Å²) in [6, 6.07) is 13.7. The van der Waals surface area contributed by atoms with E-state index in [4.69, 9.17) is 9.47 Å². The Bertz CT molecular complexity index is 1000. The van der Waals surface area contributed by atoms with E-state index >= 15 is 0 Å². The van der Waals surface area contributed by atoms with Gasteiger partial charge in [0, 0.05) is 5.56 Å². The molecule has 28 heavy (non-hydrogen) atoms. The molecule has 0 spiro atoms. The van der Waals surface area contributed by atoms with Crippen LogP contribution in [0.5, 0.6) is 5.75 Å². The van der Waals surface area contributed by atoms with Crippen molar-refractivity contribution in [2.24, 2.45) is 0 Å². The lowest BCUT2D eigenvalue weighted by Gasteiger charge is -2.07. The molecule has 0 atom stereocenters. The van der Waals surface area contributed by atoms with E-state index in [2.05, 4.69) is 5.10 Å². The minimum absolute atomic E-state index is 0.143. The van der Waals surface area contributed by atoms with Crippen LogP contribution in [0, 0.1) is 0 Å². The Morgan fingerprint density at radius 3 is 2.18 bits per heavy atom. The third-order valence-corrected chi connectivity index (χ3v) is 4.43. The summed E-state index contributed by atoms with van der Waals surface area (Å²) in [4.78, 5) is 23.6. The van der Waals surface area contributed by atoms with Crippen LogP contribution >= 0.6 is 0 Å². The van der Waals surface area contributed by atoms with Crippen molar-refractivity contribution in [3.63, 3.8) is 0 Å². The number of aromatic nitrogens is 2. The molecule has 0 aliphatic rings. The molecule has 0 saturated carbocycles. The Balaban J connectivity index is 2.14. The molecule has 0 aliphatic carbocycles. The van der Waals surface area contributed by atoms with Gasteiger partial charge in [0.15, 0.2) is 0 Å². The van der Waals surface area contributed by atoms with Gasteiger partial charge in [-0.05, 0) is 42.8 Å². The fourth-order valence-corrected chi connectivity index (χ4v) is 3.03. The van der Waals surface area contributed by atoms with Gasteiger partial charge < -0.3 is 14.6 Å². The summed E-state index contributed by atoms with van der Waals surface area (Å²) in [5, 5.41) is 14.4. The second-order valence-corrected chi connectivity index (χ2v) is 6.01. The third kappa shape index (κ3) is 3.46. The van der Waals surface area contributed by atoms with Crippen LogP contribution in [-0.4, -0.2) is 41.0 Å². The number of carbonyl (C=O) groups is 2. The zero-order chi connectivity index (χ0) is 20.3. The number of carboxylic acids is 1. The molecular formula is C21H20N2O5. The summed E-state index contributed by atoms with van der Waals surface area (Å²) < 4.78 is 11.5. The van der Waals surface area contributed by atoms with Crippen molar-refractivity contribution < 1.29 is 24.2 Å².